The Morgan fingerprint density at radius 2 is 1.74 bits per heavy atom. The molecular formula is C25H23N5O5. The van der Waals surface area contributed by atoms with Crippen LogP contribution in [0.15, 0.2) is 48.5 Å². The third-order valence-corrected chi connectivity index (χ3v) is 7.31. The van der Waals surface area contributed by atoms with Gasteiger partial charge in [-0.3, -0.25) is 20.0 Å². The number of benzene rings is 2. The lowest BCUT2D eigenvalue weighted by molar-refractivity contribution is -0.139. The molecule has 2 heterocycles. The minimum atomic E-state index is -0.802. The number of carboxylic acids is 1. The molecule has 3 N–H and O–H groups in total. The first-order chi connectivity index (χ1) is 17.0. The van der Waals surface area contributed by atoms with Crippen LogP contribution in [-0.2, 0) is 9.53 Å². The predicted molar refractivity (Wildman–Crippen MR) is 124 cm³/mol. The Bertz CT molecular complexity index is 1290. The number of nitrogens with one attached hydrogen (secondary N) is 2. The van der Waals surface area contributed by atoms with Crippen molar-refractivity contribution in [1.82, 2.24) is 20.1 Å². The number of hydrogen-bond acceptors (Lipinski definition) is 6. The van der Waals surface area contributed by atoms with Crippen LogP contribution < -0.4 is 5.32 Å². The molecule has 2 aliphatic carbocycles. The number of piperidine rings is 1. The topological polar surface area (TPSA) is 138 Å². The SMILES string of the molecule is O=C(Nc1n[nH]c(C(=O)N2CCC3C(C2)C3C(=O)O)n1)OCC1c2ccccc2-c2ccccc21. The van der Waals surface area contributed by atoms with Gasteiger partial charge >= 0.3 is 12.1 Å². The van der Waals surface area contributed by atoms with E-state index in [0.717, 1.165) is 22.3 Å². The van der Waals surface area contributed by atoms with Gasteiger partial charge in [-0.25, -0.2) is 4.79 Å². The van der Waals surface area contributed by atoms with Gasteiger partial charge in [0.1, 0.15) is 6.61 Å². The van der Waals surface area contributed by atoms with E-state index in [2.05, 4.69) is 32.6 Å². The summed E-state index contributed by atoms with van der Waals surface area (Å²) in [4.78, 5) is 42.1. The summed E-state index contributed by atoms with van der Waals surface area (Å²) in [6.07, 6.45) is -0.0558. The van der Waals surface area contributed by atoms with Gasteiger partial charge in [-0.15, -0.1) is 5.10 Å². The van der Waals surface area contributed by atoms with Crippen molar-refractivity contribution in [2.75, 3.05) is 25.0 Å². The Labute approximate surface area is 200 Å². The summed E-state index contributed by atoms with van der Waals surface area (Å²) in [5, 5.41) is 18.2. The van der Waals surface area contributed by atoms with Gasteiger partial charge in [-0.2, -0.15) is 4.98 Å². The molecule has 3 atom stereocenters. The summed E-state index contributed by atoms with van der Waals surface area (Å²) in [6.45, 7) is 1.01. The first-order valence-electron chi connectivity index (χ1n) is 11.6. The second-order valence-corrected chi connectivity index (χ2v) is 9.19. The molecule has 35 heavy (non-hydrogen) atoms. The third-order valence-electron chi connectivity index (χ3n) is 7.31. The van der Waals surface area contributed by atoms with Crippen molar-refractivity contribution in [1.29, 1.82) is 0 Å². The Hall–Kier alpha value is -4.21. The van der Waals surface area contributed by atoms with E-state index >= 15 is 0 Å². The van der Waals surface area contributed by atoms with Crippen LogP contribution in [0.3, 0.4) is 0 Å². The quantitative estimate of drug-likeness (QED) is 0.518. The number of amides is 2. The lowest BCUT2D eigenvalue weighted by Gasteiger charge is -2.24. The van der Waals surface area contributed by atoms with Crippen LogP contribution in [0, 0.1) is 17.8 Å². The Morgan fingerprint density at radius 3 is 2.43 bits per heavy atom. The van der Waals surface area contributed by atoms with Crippen molar-refractivity contribution in [3.05, 3.63) is 65.5 Å². The van der Waals surface area contributed by atoms with Gasteiger partial charge in [-0.05, 0) is 40.5 Å². The number of likely N-dealkylation sites (tertiary alicyclic amines) is 1. The lowest BCUT2D eigenvalue weighted by atomic mass is 9.98. The van der Waals surface area contributed by atoms with Gasteiger partial charge in [0.2, 0.25) is 5.82 Å². The minimum Gasteiger partial charge on any atom is -0.481 e. The van der Waals surface area contributed by atoms with Gasteiger partial charge in [0.25, 0.3) is 11.9 Å². The average molecular weight is 473 g/mol. The smallest absolute Gasteiger partial charge is 0.414 e. The van der Waals surface area contributed by atoms with Crippen LogP contribution in [0.2, 0.25) is 0 Å². The molecule has 1 saturated carbocycles. The van der Waals surface area contributed by atoms with Crippen molar-refractivity contribution in [3.63, 3.8) is 0 Å². The molecule has 6 rings (SSSR count). The fourth-order valence-corrected chi connectivity index (χ4v) is 5.58. The summed E-state index contributed by atoms with van der Waals surface area (Å²) in [5.74, 6) is -1.54. The number of nitrogens with zero attached hydrogens (tertiary/aromatic N) is 3. The number of rotatable bonds is 5. The van der Waals surface area contributed by atoms with Crippen LogP contribution in [0.4, 0.5) is 10.7 Å². The number of aliphatic carboxylic acids is 1. The number of fused-ring (bicyclic) bond motifs is 4. The standard InChI is InChI=1S/C25H23N5O5/c31-22(30-10-9-17-18(11-30)20(17)23(32)33)21-26-24(29-28-21)27-25(34)35-12-19-15-7-3-1-5-13(15)14-6-2-4-8-16(14)19/h1-8,17-20H,9-12H2,(H,32,33)(H2,26,27,28,29,34). The van der Waals surface area contributed by atoms with E-state index in [4.69, 9.17) is 4.74 Å². The van der Waals surface area contributed by atoms with E-state index in [-0.39, 0.29) is 48.0 Å². The maximum Gasteiger partial charge on any atom is 0.414 e. The number of carbonyl (C=O) groups excluding carboxylic acids is 2. The number of ether oxygens (including phenoxy) is 1. The van der Waals surface area contributed by atoms with Crippen molar-refractivity contribution >= 4 is 23.9 Å². The van der Waals surface area contributed by atoms with Gasteiger partial charge < -0.3 is 14.7 Å². The zero-order chi connectivity index (χ0) is 24.1. The molecule has 0 spiro atoms. The Morgan fingerprint density at radius 1 is 1.06 bits per heavy atom. The molecule has 0 radical (unpaired) electrons. The number of carbonyl (C=O) groups is 3. The predicted octanol–water partition coefficient (Wildman–Crippen LogP) is 2.96. The van der Waals surface area contributed by atoms with Crippen molar-refractivity contribution in [3.8, 4) is 11.1 Å². The van der Waals surface area contributed by atoms with E-state index in [1.165, 1.54) is 0 Å². The number of hydrogen-bond donors (Lipinski definition) is 3. The number of aromatic nitrogens is 3. The molecule has 1 saturated heterocycles. The minimum absolute atomic E-state index is 0.00783. The van der Waals surface area contributed by atoms with Gasteiger partial charge in [0, 0.05) is 19.0 Å². The molecule has 2 fully saturated rings. The largest absolute Gasteiger partial charge is 0.481 e. The third kappa shape index (κ3) is 3.71. The maximum absolute atomic E-state index is 12.8. The summed E-state index contributed by atoms with van der Waals surface area (Å²) >= 11 is 0. The fraction of sp³-hybridized carbons (Fsp3) is 0.320. The second-order valence-electron chi connectivity index (χ2n) is 9.19. The molecule has 178 valence electrons. The van der Waals surface area contributed by atoms with E-state index in [1.807, 2.05) is 36.4 Å². The van der Waals surface area contributed by atoms with Crippen LogP contribution in [0.1, 0.15) is 34.1 Å². The molecule has 3 aliphatic rings. The molecule has 10 nitrogen and oxygen atoms in total. The van der Waals surface area contributed by atoms with Crippen LogP contribution in [0.25, 0.3) is 11.1 Å². The first kappa shape index (κ1) is 21.3. The lowest BCUT2D eigenvalue weighted by Crippen LogP contribution is -2.37. The normalized spacial score (nSPS) is 22.1. The van der Waals surface area contributed by atoms with E-state index in [1.54, 1.807) is 4.90 Å². The van der Waals surface area contributed by atoms with E-state index in [9.17, 15) is 19.5 Å². The maximum atomic E-state index is 12.8. The Kier molecular flexibility index (Phi) is 5.01. The molecule has 1 aromatic heterocycles. The summed E-state index contributed by atoms with van der Waals surface area (Å²) in [7, 11) is 0. The molecule has 3 unspecified atom stereocenters. The van der Waals surface area contributed by atoms with Gasteiger partial charge in [-0.1, -0.05) is 48.5 Å². The van der Waals surface area contributed by atoms with Gasteiger partial charge in [0.15, 0.2) is 0 Å². The average Bonchev–Trinajstić information content (AvgIpc) is 3.26. The highest BCUT2D eigenvalue weighted by Gasteiger charge is 2.57. The highest BCUT2D eigenvalue weighted by molar-refractivity contribution is 5.92. The highest BCUT2D eigenvalue weighted by atomic mass is 16.5. The molecule has 1 aliphatic heterocycles. The zero-order valence-corrected chi connectivity index (χ0v) is 18.7. The second kappa shape index (κ2) is 8.23. The van der Waals surface area contributed by atoms with Crippen LogP contribution in [0.5, 0.6) is 0 Å². The molecule has 0 bridgehead atoms. The number of anilines is 1. The molecule has 3 aromatic rings. The van der Waals surface area contributed by atoms with Gasteiger partial charge in [0.05, 0.1) is 5.92 Å². The highest BCUT2D eigenvalue weighted by Crippen LogP contribution is 2.51. The molecule has 10 heteroatoms. The monoisotopic (exact) mass is 473 g/mol. The molecule has 2 amide bonds. The zero-order valence-electron chi connectivity index (χ0n) is 18.7. The van der Waals surface area contributed by atoms with E-state index in [0.29, 0.717) is 19.5 Å². The molecular weight excluding hydrogens is 450 g/mol. The van der Waals surface area contributed by atoms with Crippen molar-refractivity contribution in [2.45, 2.75) is 12.3 Å². The van der Waals surface area contributed by atoms with Crippen molar-refractivity contribution < 1.29 is 24.2 Å². The van der Waals surface area contributed by atoms with Crippen molar-refractivity contribution in [2.24, 2.45) is 17.8 Å². The first-order valence-corrected chi connectivity index (χ1v) is 11.6. The summed E-state index contributed by atoms with van der Waals surface area (Å²) in [5.41, 5.74) is 4.49. The summed E-state index contributed by atoms with van der Waals surface area (Å²) in [6, 6.07) is 16.1. The van der Waals surface area contributed by atoms with Crippen LogP contribution >= 0.6 is 0 Å². The van der Waals surface area contributed by atoms with Crippen LogP contribution in [-0.4, -0.2) is 62.9 Å². The number of carboxylic acid groups (broad SMARTS) is 1. The number of aromatic amines is 1. The number of H-pyrrole nitrogens is 1. The Balaban J connectivity index is 1.07. The fourth-order valence-electron chi connectivity index (χ4n) is 5.58. The molecule has 2 aromatic carbocycles. The van der Waals surface area contributed by atoms with E-state index < -0.39 is 12.1 Å². The summed E-state index contributed by atoms with van der Waals surface area (Å²) < 4.78 is 5.49.